The van der Waals surface area contributed by atoms with E-state index >= 15 is 0 Å². The van der Waals surface area contributed by atoms with Crippen LogP contribution in [-0.2, 0) is 19.7 Å². The van der Waals surface area contributed by atoms with Crippen LogP contribution in [0.5, 0.6) is 0 Å². The van der Waals surface area contributed by atoms with Gasteiger partial charge in [0, 0.05) is 48.3 Å². The van der Waals surface area contributed by atoms with Gasteiger partial charge in [0.1, 0.15) is 0 Å². The van der Waals surface area contributed by atoms with Gasteiger partial charge in [-0.05, 0) is 56.2 Å². The van der Waals surface area contributed by atoms with Crippen LogP contribution in [0.25, 0.3) is 0 Å². The van der Waals surface area contributed by atoms with Crippen LogP contribution in [0.2, 0.25) is 10.0 Å². The molecule has 0 spiro atoms. The molecule has 3 aliphatic rings. The molecule has 2 heterocycles. The Balaban J connectivity index is 1.41. The third kappa shape index (κ3) is 5.04. The summed E-state index contributed by atoms with van der Waals surface area (Å²) in [6, 6.07) is 5.57. The molecule has 3 fully saturated rings. The van der Waals surface area contributed by atoms with Crippen LogP contribution in [0.3, 0.4) is 0 Å². The lowest BCUT2D eigenvalue weighted by molar-refractivity contribution is -0.142. The van der Waals surface area contributed by atoms with E-state index < -0.39 is 5.41 Å². The molecule has 0 aromatic heterocycles. The molecule has 170 valence electrons. The zero-order chi connectivity index (χ0) is 21.8. The van der Waals surface area contributed by atoms with Gasteiger partial charge in [-0.3, -0.25) is 9.59 Å². The molecule has 0 bridgehead atoms. The van der Waals surface area contributed by atoms with E-state index in [1.165, 1.54) is 6.42 Å². The molecule has 31 heavy (non-hydrogen) atoms. The van der Waals surface area contributed by atoms with E-state index in [4.69, 9.17) is 27.9 Å². The summed E-state index contributed by atoms with van der Waals surface area (Å²) < 4.78 is 5.58. The second-order valence-electron chi connectivity index (χ2n) is 9.23. The molecule has 1 aromatic rings. The highest BCUT2D eigenvalue weighted by Crippen LogP contribution is 2.41. The molecule has 1 saturated carbocycles. The first-order valence-corrected chi connectivity index (χ1v) is 12.4. The maximum absolute atomic E-state index is 13.8. The van der Waals surface area contributed by atoms with Crippen molar-refractivity contribution in [1.29, 1.82) is 0 Å². The lowest BCUT2D eigenvalue weighted by atomic mass is 9.72. The van der Waals surface area contributed by atoms with E-state index in [-0.39, 0.29) is 23.8 Å². The fraction of sp³-hybridized carbons (Fsp3) is 0.667. The number of likely N-dealkylation sites (tertiary alicyclic amines) is 1. The zero-order valence-corrected chi connectivity index (χ0v) is 19.5. The van der Waals surface area contributed by atoms with Crippen molar-refractivity contribution < 1.29 is 14.3 Å². The summed E-state index contributed by atoms with van der Waals surface area (Å²) in [5.74, 6) is 0.501. The molecular weight excluding hydrogens is 435 g/mol. The highest BCUT2D eigenvalue weighted by Gasteiger charge is 2.46. The van der Waals surface area contributed by atoms with Gasteiger partial charge in [-0.2, -0.15) is 0 Å². The largest absolute Gasteiger partial charge is 0.381 e. The molecule has 0 unspecified atom stereocenters. The van der Waals surface area contributed by atoms with Crippen LogP contribution >= 0.6 is 23.2 Å². The maximum atomic E-state index is 13.8. The number of piperidine rings is 1. The molecule has 1 N–H and O–H groups in total. The van der Waals surface area contributed by atoms with Crippen LogP contribution in [0.4, 0.5) is 0 Å². The quantitative estimate of drug-likeness (QED) is 0.697. The van der Waals surface area contributed by atoms with Gasteiger partial charge < -0.3 is 15.0 Å². The molecule has 1 aromatic carbocycles. The van der Waals surface area contributed by atoms with Crippen LogP contribution in [0.1, 0.15) is 63.4 Å². The first-order chi connectivity index (χ1) is 15.0. The Morgan fingerprint density at radius 2 is 1.68 bits per heavy atom. The molecular formula is C24H32Cl2N2O3. The Bertz CT molecular complexity index is 796. The Morgan fingerprint density at radius 1 is 1.00 bits per heavy atom. The third-order valence-corrected chi connectivity index (χ3v) is 7.85. The Kier molecular flexibility index (Phi) is 7.45. The SMILES string of the molecule is O=C(NC1CCN(C(=O)C2(c3ccc(Cl)cc3Cl)CCOCC2)CC1)C1CCCCC1. The van der Waals surface area contributed by atoms with Crippen molar-refractivity contribution in [2.24, 2.45) is 5.92 Å². The second kappa shape index (κ2) is 10.1. The third-order valence-electron chi connectivity index (χ3n) is 7.31. The van der Waals surface area contributed by atoms with Gasteiger partial charge in [0.25, 0.3) is 0 Å². The van der Waals surface area contributed by atoms with Crippen molar-refractivity contribution in [2.75, 3.05) is 26.3 Å². The minimum absolute atomic E-state index is 0.122. The normalized spacial score (nSPS) is 22.8. The molecule has 7 heteroatoms. The summed E-state index contributed by atoms with van der Waals surface area (Å²) >= 11 is 12.7. The van der Waals surface area contributed by atoms with Crippen molar-refractivity contribution in [1.82, 2.24) is 10.2 Å². The molecule has 1 aliphatic carbocycles. The number of hydrogen-bond acceptors (Lipinski definition) is 3. The van der Waals surface area contributed by atoms with E-state index in [0.29, 0.717) is 49.2 Å². The minimum atomic E-state index is -0.669. The molecule has 2 amide bonds. The number of nitrogens with zero attached hydrogens (tertiary/aromatic N) is 1. The summed E-state index contributed by atoms with van der Waals surface area (Å²) in [5.41, 5.74) is 0.178. The van der Waals surface area contributed by atoms with Crippen LogP contribution < -0.4 is 5.32 Å². The number of nitrogens with one attached hydrogen (secondary N) is 1. The van der Waals surface area contributed by atoms with Crippen molar-refractivity contribution in [3.63, 3.8) is 0 Å². The average Bonchev–Trinajstić information content (AvgIpc) is 2.80. The second-order valence-corrected chi connectivity index (χ2v) is 10.1. The predicted octanol–water partition coefficient (Wildman–Crippen LogP) is 4.73. The van der Waals surface area contributed by atoms with Gasteiger partial charge in [-0.25, -0.2) is 0 Å². The number of carbonyl (C=O) groups is 2. The van der Waals surface area contributed by atoms with Crippen molar-refractivity contribution in [3.05, 3.63) is 33.8 Å². The highest BCUT2D eigenvalue weighted by atomic mass is 35.5. The molecule has 0 atom stereocenters. The Labute approximate surface area is 194 Å². The van der Waals surface area contributed by atoms with Crippen molar-refractivity contribution >= 4 is 35.0 Å². The summed E-state index contributed by atoms with van der Waals surface area (Å²) in [4.78, 5) is 28.3. The van der Waals surface area contributed by atoms with Gasteiger partial charge in [-0.15, -0.1) is 0 Å². The van der Waals surface area contributed by atoms with Gasteiger partial charge in [0.05, 0.1) is 5.41 Å². The molecule has 2 aliphatic heterocycles. The number of carbonyl (C=O) groups excluding carboxylic acids is 2. The van der Waals surface area contributed by atoms with Gasteiger partial charge >= 0.3 is 0 Å². The summed E-state index contributed by atoms with van der Waals surface area (Å²) in [6.07, 6.45) is 8.40. The summed E-state index contributed by atoms with van der Waals surface area (Å²) in [5, 5.41) is 4.36. The molecule has 5 nitrogen and oxygen atoms in total. The number of halogens is 2. The maximum Gasteiger partial charge on any atom is 0.233 e. The van der Waals surface area contributed by atoms with Crippen LogP contribution in [-0.4, -0.2) is 49.1 Å². The van der Waals surface area contributed by atoms with E-state index in [2.05, 4.69) is 5.32 Å². The molecule has 2 saturated heterocycles. The van der Waals surface area contributed by atoms with Crippen LogP contribution in [0.15, 0.2) is 18.2 Å². The topological polar surface area (TPSA) is 58.6 Å². The van der Waals surface area contributed by atoms with E-state index in [9.17, 15) is 9.59 Å². The minimum Gasteiger partial charge on any atom is -0.381 e. The van der Waals surface area contributed by atoms with Gasteiger partial charge in [0.2, 0.25) is 11.8 Å². The number of hydrogen-bond donors (Lipinski definition) is 1. The first kappa shape index (κ1) is 22.9. The van der Waals surface area contributed by atoms with Crippen LogP contribution in [0, 0.1) is 5.92 Å². The number of benzene rings is 1. The average molecular weight is 467 g/mol. The summed E-state index contributed by atoms with van der Waals surface area (Å²) in [7, 11) is 0. The number of ether oxygens (including phenoxy) is 1. The number of amides is 2. The van der Waals surface area contributed by atoms with Gasteiger partial charge in [0.15, 0.2) is 0 Å². The monoisotopic (exact) mass is 466 g/mol. The lowest BCUT2D eigenvalue weighted by Gasteiger charge is -2.43. The zero-order valence-electron chi connectivity index (χ0n) is 18.0. The predicted molar refractivity (Wildman–Crippen MR) is 123 cm³/mol. The Morgan fingerprint density at radius 3 is 2.32 bits per heavy atom. The van der Waals surface area contributed by atoms with E-state index in [1.807, 2.05) is 11.0 Å². The molecule has 0 radical (unpaired) electrons. The Hall–Kier alpha value is -1.30. The van der Waals surface area contributed by atoms with E-state index in [0.717, 1.165) is 44.1 Å². The van der Waals surface area contributed by atoms with Gasteiger partial charge in [-0.1, -0.05) is 48.5 Å². The fourth-order valence-corrected chi connectivity index (χ4v) is 6.00. The number of rotatable bonds is 4. The summed E-state index contributed by atoms with van der Waals surface area (Å²) in [6.45, 7) is 2.39. The standard InChI is InChI=1S/C24H32Cl2N2O3/c25-18-6-7-20(21(26)16-18)24(10-14-31-15-11-24)23(30)28-12-8-19(9-13-28)27-22(29)17-4-2-1-3-5-17/h6-7,16-17,19H,1-5,8-15H2,(H,27,29). The van der Waals surface area contributed by atoms with E-state index in [1.54, 1.807) is 12.1 Å². The molecule has 4 rings (SSSR count). The fourth-order valence-electron chi connectivity index (χ4n) is 5.41. The van der Waals surface area contributed by atoms with Crippen molar-refractivity contribution in [3.8, 4) is 0 Å². The first-order valence-electron chi connectivity index (χ1n) is 11.6. The highest BCUT2D eigenvalue weighted by molar-refractivity contribution is 6.35. The van der Waals surface area contributed by atoms with Crippen molar-refractivity contribution in [2.45, 2.75) is 69.2 Å². The lowest BCUT2D eigenvalue weighted by Crippen LogP contribution is -2.54. The smallest absolute Gasteiger partial charge is 0.233 e.